The molecule has 0 spiro atoms. The first-order chi connectivity index (χ1) is 31.0. The minimum Gasteiger partial charge on any atom is -0.462 e. The minimum absolute atomic E-state index is 0.0693. The van der Waals surface area contributed by atoms with Crippen LogP contribution < -0.4 is 0 Å². The van der Waals surface area contributed by atoms with Crippen LogP contribution in [0, 0.1) is 0 Å². The molecule has 0 amide bonds. The van der Waals surface area contributed by atoms with E-state index in [9.17, 15) is 14.4 Å². The van der Waals surface area contributed by atoms with Crippen LogP contribution >= 0.6 is 0 Å². The van der Waals surface area contributed by atoms with Gasteiger partial charge in [0.1, 0.15) is 13.2 Å². The maximum absolute atomic E-state index is 12.8. The fourth-order valence-corrected chi connectivity index (χ4v) is 8.24. The first-order valence-electron chi connectivity index (χ1n) is 27.8. The number of esters is 3. The van der Waals surface area contributed by atoms with E-state index < -0.39 is 6.10 Å². The number of hydrogen-bond donors (Lipinski definition) is 0. The molecule has 0 aliphatic rings. The van der Waals surface area contributed by atoms with E-state index in [0.717, 1.165) is 70.6 Å². The Hall–Kier alpha value is -2.11. The fourth-order valence-electron chi connectivity index (χ4n) is 8.24. The second-order valence-electron chi connectivity index (χ2n) is 18.9. The second kappa shape index (κ2) is 52.5. The van der Waals surface area contributed by atoms with Crippen molar-refractivity contribution in [3.05, 3.63) is 24.3 Å². The molecule has 0 saturated heterocycles. The van der Waals surface area contributed by atoms with Gasteiger partial charge in [0, 0.05) is 19.3 Å². The van der Waals surface area contributed by atoms with Crippen LogP contribution in [0.5, 0.6) is 0 Å². The van der Waals surface area contributed by atoms with E-state index >= 15 is 0 Å². The van der Waals surface area contributed by atoms with Crippen LogP contribution in [0.2, 0.25) is 0 Å². The van der Waals surface area contributed by atoms with Gasteiger partial charge < -0.3 is 14.2 Å². The highest BCUT2D eigenvalue weighted by atomic mass is 16.6. The molecule has 0 aliphatic heterocycles. The lowest BCUT2D eigenvalue weighted by Gasteiger charge is -2.18. The van der Waals surface area contributed by atoms with Crippen LogP contribution in [0.25, 0.3) is 0 Å². The first kappa shape index (κ1) is 60.9. The van der Waals surface area contributed by atoms with Crippen LogP contribution in [0.3, 0.4) is 0 Å². The normalized spacial score (nSPS) is 12.1. The van der Waals surface area contributed by atoms with Gasteiger partial charge >= 0.3 is 17.9 Å². The van der Waals surface area contributed by atoms with E-state index in [2.05, 4.69) is 45.1 Å². The molecule has 0 aromatic rings. The van der Waals surface area contributed by atoms with Gasteiger partial charge in [-0.25, -0.2) is 0 Å². The Morgan fingerprint density at radius 3 is 0.905 bits per heavy atom. The van der Waals surface area contributed by atoms with Gasteiger partial charge in [0.2, 0.25) is 0 Å². The predicted molar refractivity (Wildman–Crippen MR) is 270 cm³/mol. The third kappa shape index (κ3) is 50.7. The monoisotopic (exact) mass is 887 g/mol. The summed E-state index contributed by atoms with van der Waals surface area (Å²) < 4.78 is 16.8. The van der Waals surface area contributed by atoms with Crippen LogP contribution in [0.1, 0.15) is 303 Å². The molecule has 0 N–H and O–H groups in total. The van der Waals surface area contributed by atoms with Crippen LogP contribution in [0.4, 0.5) is 0 Å². The molecule has 0 aliphatic carbocycles. The van der Waals surface area contributed by atoms with Crippen LogP contribution in [-0.2, 0) is 28.6 Å². The Kier molecular flexibility index (Phi) is 50.8. The zero-order valence-electron chi connectivity index (χ0n) is 42.4. The van der Waals surface area contributed by atoms with Gasteiger partial charge in [-0.2, -0.15) is 0 Å². The van der Waals surface area contributed by atoms with Gasteiger partial charge in [0.25, 0.3) is 0 Å². The van der Waals surface area contributed by atoms with E-state index in [-0.39, 0.29) is 31.1 Å². The molecule has 0 aromatic heterocycles. The Morgan fingerprint density at radius 2 is 0.571 bits per heavy atom. The third-order valence-electron chi connectivity index (χ3n) is 12.5. The average molecular weight is 887 g/mol. The summed E-state index contributed by atoms with van der Waals surface area (Å²) in [5.74, 6) is -0.859. The number of unbranched alkanes of at least 4 members (excludes halogenated alkanes) is 36. The van der Waals surface area contributed by atoms with Crippen molar-refractivity contribution < 1.29 is 28.6 Å². The summed E-state index contributed by atoms with van der Waals surface area (Å²) in [5, 5.41) is 0. The summed E-state index contributed by atoms with van der Waals surface area (Å²) in [6.45, 7) is 6.64. The highest BCUT2D eigenvalue weighted by Gasteiger charge is 2.19. The van der Waals surface area contributed by atoms with Crippen molar-refractivity contribution in [2.24, 2.45) is 0 Å². The Balaban J connectivity index is 4.31. The second-order valence-corrected chi connectivity index (χ2v) is 18.9. The topological polar surface area (TPSA) is 78.9 Å². The smallest absolute Gasteiger partial charge is 0.306 e. The van der Waals surface area contributed by atoms with Gasteiger partial charge in [0.05, 0.1) is 0 Å². The lowest BCUT2D eigenvalue weighted by molar-refractivity contribution is -0.167. The van der Waals surface area contributed by atoms with Crippen molar-refractivity contribution in [1.82, 2.24) is 0 Å². The molecule has 370 valence electrons. The summed E-state index contributed by atoms with van der Waals surface area (Å²) in [6.07, 6.45) is 60.2. The minimum atomic E-state index is -0.769. The fraction of sp³-hybridized carbons (Fsp3) is 0.877. The maximum atomic E-state index is 12.8. The summed E-state index contributed by atoms with van der Waals surface area (Å²) in [4.78, 5) is 38.0. The Bertz CT molecular complexity index is 1020. The van der Waals surface area contributed by atoms with Crippen molar-refractivity contribution in [2.45, 2.75) is 309 Å². The average Bonchev–Trinajstić information content (AvgIpc) is 3.28. The van der Waals surface area contributed by atoms with Crippen molar-refractivity contribution in [2.75, 3.05) is 13.2 Å². The van der Waals surface area contributed by atoms with E-state index in [4.69, 9.17) is 14.2 Å². The molecule has 0 radical (unpaired) electrons. The molecule has 0 saturated carbocycles. The molecule has 0 rings (SSSR count). The first-order valence-corrected chi connectivity index (χ1v) is 27.8. The summed E-state index contributed by atoms with van der Waals surface area (Å²) >= 11 is 0. The summed E-state index contributed by atoms with van der Waals surface area (Å²) in [6, 6.07) is 0. The molecule has 6 heteroatoms. The molecule has 0 heterocycles. The summed E-state index contributed by atoms with van der Waals surface area (Å²) in [7, 11) is 0. The van der Waals surface area contributed by atoms with Gasteiger partial charge in [-0.3, -0.25) is 14.4 Å². The number of carbonyl (C=O) groups is 3. The SMILES string of the molecule is CCCCC/C=C\C/C=C\CCCCCCCCCC(=O)O[C@@H](COC(=O)CCCCCCCCCCCCC)COC(=O)CCCCCCCCCCCCCCCCCCC. The van der Waals surface area contributed by atoms with Gasteiger partial charge in [-0.05, 0) is 51.4 Å². The van der Waals surface area contributed by atoms with Crippen LogP contribution in [0.15, 0.2) is 24.3 Å². The highest BCUT2D eigenvalue weighted by molar-refractivity contribution is 5.71. The van der Waals surface area contributed by atoms with E-state index in [1.54, 1.807) is 0 Å². The zero-order valence-corrected chi connectivity index (χ0v) is 42.4. The predicted octanol–water partition coefficient (Wildman–Crippen LogP) is 18.3. The van der Waals surface area contributed by atoms with Gasteiger partial charge in [-0.15, -0.1) is 0 Å². The van der Waals surface area contributed by atoms with Crippen molar-refractivity contribution >= 4 is 17.9 Å². The Labute approximate surface area is 392 Å². The number of allylic oxidation sites excluding steroid dienone is 4. The highest BCUT2D eigenvalue weighted by Crippen LogP contribution is 2.17. The largest absolute Gasteiger partial charge is 0.462 e. The standard InChI is InChI=1S/C57H106O6/c1-4-7-10-13-16-19-22-24-26-28-30-32-35-38-41-44-47-50-56(59)62-53-54(52-61-55(58)49-46-43-40-37-34-21-18-15-12-9-6-3)63-57(60)51-48-45-42-39-36-33-31-29-27-25-23-20-17-14-11-8-5-2/h17,20,25,27,54H,4-16,18-19,21-24,26,28-53H2,1-3H3/b20-17-,27-25-/t54-/m0/s1. The van der Waals surface area contributed by atoms with Crippen molar-refractivity contribution in [1.29, 1.82) is 0 Å². The van der Waals surface area contributed by atoms with Gasteiger partial charge in [-0.1, -0.05) is 257 Å². The molecule has 0 fully saturated rings. The van der Waals surface area contributed by atoms with Crippen molar-refractivity contribution in [3.8, 4) is 0 Å². The van der Waals surface area contributed by atoms with E-state index in [1.807, 2.05) is 0 Å². The molecular formula is C57H106O6. The molecule has 1 atom stereocenters. The number of rotatable bonds is 51. The number of carbonyl (C=O) groups excluding carboxylic acids is 3. The van der Waals surface area contributed by atoms with E-state index in [0.29, 0.717) is 19.3 Å². The zero-order chi connectivity index (χ0) is 45.8. The quantitative estimate of drug-likeness (QED) is 0.0262. The molecular weight excluding hydrogens is 781 g/mol. The number of hydrogen-bond acceptors (Lipinski definition) is 6. The molecule has 0 bridgehead atoms. The summed E-state index contributed by atoms with van der Waals surface area (Å²) in [5.41, 5.74) is 0. The molecule has 6 nitrogen and oxygen atoms in total. The van der Waals surface area contributed by atoms with Crippen molar-refractivity contribution in [3.63, 3.8) is 0 Å². The lowest BCUT2D eigenvalue weighted by atomic mass is 10.0. The van der Waals surface area contributed by atoms with Gasteiger partial charge in [0.15, 0.2) is 6.10 Å². The molecule has 63 heavy (non-hydrogen) atoms. The molecule has 0 unspecified atom stereocenters. The lowest BCUT2D eigenvalue weighted by Crippen LogP contribution is -2.30. The third-order valence-corrected chi connectivity index (χ3v) is 12.5. The number of ether oxygens (including phenoxy) is 3. The van der Waals surface area contributed by atoms with Crippen LogP contribution in [-0.4, -0.2) is 37.2 Å². The Morgan fingerprint density at radius 1 is 0.317 bits per heavy atom. The van der Waals surface area contributed by atoms with E-state index in [1.165, 1.54) is 193 Å². The molecule has 0 aromatic carbocycles. The maximum Gasteiger partial charge on any atom is 0.306 e.